The van der Waals surface area contributed by atoms with Crippen LogP contribution in [-0.4, -0.2) is 61.2 Å². The third kappa shape index (κ3) is 5.28. The van der Waals surface area contributed by atoms with Crippen molar-refractivity contribution in [3.8, 4) is 0 Å². The molecule has 1 rings (SSSR count). The van der Waals surface area contributed by atoms with Crippen molar-refractivity contribution in [2.24, 2.45) is 0 Å². The largest absolute Gasteiger partial charge is 0.311 e. The molecule has 1 unspecified atom stereocenters. The van der Waals surface area contributed by atoms with E-state index in [2.05, 4.69) is 49.9 Å². The van der Waals surface area contributed by atoms with E-state index in [0.717, 1.165) is 6.54 Å². The van der Waals surface area contributed by atoms with Crippen LogP contribution < -0.4 is 5.32 Å². The zero-order valence-electron chi connectivity index (χ0n) is 11.7. The molecule has 0 spiro atoms. The van der Waals surface area contributed by atoms with E-state index in [-0.39, 0.29) is 5.54 Å². The first kappa shape index (κ1) is 13.9. The number of hydrogen-bond donors (Lipinski definition) is 1. The van der Waals surface area contributed by atoms with Crippen molar-refractivity contribution in [1.82, 2.24) is 15.1 Å². The SMILES string of the molecule is CC1CN(C)CCCN1CCNC(C)(C)C. The summed E-state index contributed by atoms with van der Waals surface area (Å²) in [5, 5.41) is 3.57. The minimum Gasteiger partial charge on any atom is -0.311 e. The van der Waals surface area contributed by atoms with Gasteiger partial charge >= 0.3 is 0 Å². The zero-order valence-corrected chi connectivity index (χ0v) is 11.7. The van der Waals surface area contributed by atoms with Gasteiger partial charge in [0.15, 0.2) is 0 Å². The third-order valence-corrected chi connectivity index (χ3v) is 3.24. The molecule has 1 aliphatic heterocycles. The van der Waals surface area contributed by atoms with Gasteiger partial charge in [-0.3, -0.25) is 4.90 Å². The van der Waals surface area contributed by atoms with E-state index < -0.39 is 0 Å². The van der Waals surface area contributed by atoms with Crippen LogP contribution in [0.15, 0.2) is 0 Å². The van der Waals surface area contributed by atoms with Crippen LogP contribution >= 0.6 is 0 Å². The standard InChI is InChI=1S/C13H29N3/c1-12-11-15(5)8-6-9-16(12)10-7-14-13(2,3)4/h12,14H,6-11H2,1-5H3. The highest BCUT2D eigenvalue weighted by molar-refractivity contribution is 4.77. The molecule has 0 radical (unpaired) electrons. The maximum absolute atomic E-state index is 3.57. The first-order valence-corrected chi connectivity index (χ1v) is 6.56. The predicted octanol–water partition coefficient (Wildman–Crippen LogP) is 1.40. The fraction of sp³-hybridized carbons (Fsp3) is 1.00. The normalized spacial score (nSPS) is 25.7. The summed E-state index contributed by atoms with van der Waals surface area (Å²) in [5.74, 6) is 0. The molecule has 1 heterocycles. The average Bonchev–Trinajstić information content (AvgIpc) is 2.26. The molecule has 0 bridgehead atoms. The molecule has 1 saturated heterocycles. The smallest absolute Gasteiger partial charge is 0.0195 e. The zero-order chi connectivity index (χ0) is 12.2. The summed E-state index contributed by atoms with van der Waals surface area (Å²) in [5.41, 5.74) is 0.242. The van der Waals surface area contributed by atoms with E-state index in [9.17, 15) is 0 Å². The van der Waals surface area contributed by atoms with Crippen molar-refractivity contribution in [3.63, 3.8) is 0 Å². The number of nitrogens with one attached hydrogen (secondary N) is 1. The lowest BCUT2D eigenvalue weighted by Gasteiger charge is -2.29. The minimum atomic E-state index is 0.242. The summed E-state index contributed by atoms with van der Waals surface area (Å²) in [6, 6.07) is 0.689. The molecular formula is C13H29N3. The molecule has 3 nitrogen and oxygen atoms in total. The van der Waals surface area contributed by atoms with Crippen molar-refractivity contribution in [3.05, 3.63) is 0 Å². The lowest BCUT2D eigenvalue weighted by molar-refractivity contribution is 0.197. The number of likely N-dealkylation sites (N-methyl/N-ethyl adjacent to an activating group) is 1. The molecule has 96 valence electrons. The first-order valence-electron chi connectivity index (χ1n) is 6.56. The Morgan fingerprint density at radius 3 is 2.56 bits per heavy atom. The predicted molar refractivity (Wildman–Crippen MR) is 70.9 cm³/mol. The van der Waals surface area contributed by atoms with E-state index in [0.29, 0.717) is 6.04 Å². The van der Waals surface area contributed by atoms with Gasteiger partial charge in [0.1, 0.15) is 0 Å². The van der Waals surface area contributed by atoms with Gasteiger partial charge in [-0.15, -0.1) is 0 Å². The molecule has 0 amide bonds. The van der Waals surface area contributed by atoms with Crippen LogP contribution in [0.3, 0.4) is 0 Å². The van der Waals surface area contributed by atoms with E-state index in [4.69, 9.17) is 0 Å². The highest BCUT2D eigenvalue weighted by Crippen LogP contribution is 2.08. The topological polar surface area (TPSA) is 18.5 Å². The lowest BCUT2D eigenvalue weighted by Crippen LogP contribution is -2.45. The number of nitrogens with zero attached hydrogens (tertiary/aromatic N) is 2. The van der Waals surface area contributed by atoms with E-state index >= 15 is 0 Å². The molecule has 0 aromatic heterocycles. The van der Waals surface area contributed by atoms with Crippen molar-refractivity contribution in [2.45, 2.75) is 45.7 Å². The fourth-order valence-electron chi connectivity index (χ4n) is 2.33. The maximum atomic E-state index is 3.57. The molecule has 0 aromatic carbocycles. The van der Waals surface area contributed by atoms with Gasteiger partial charge in [0.2, 0.25) is 0 Å². The van der Waals surface area contributed by atoms with Gasteiger partial charge in [-0.1, -0.05) is 0 Å². The Labute approximate surface area is 101 Å². The summed E-state index contributed by atoms with van der Waals surface area (Å²) < 4.78 is 0. The van der Waals surface area contributed by atoms with Crippen LogP contribution in [0.5, 0.6) is 0 Å². The fourth-order valence-corrected chi connectivity index (χ4v) is 2.33. The number of rotatable bonds is 3. The molecule has 1 fully saturated rings. The second-order valence-electron chi connectivity index (χ2n) is 6.18. The second-order valence-corrected chi connectivity index (χ2v) is 6.18. The summed E-state index contributed by atoms with van der Waals surface area (Å²) in [6.45, 7) is 15.0. The highest BCUT2D eigenvalue weighted by Gasteiger charge is 2.19. The Morgan fingerprint density at radius 2 is 1.94 bits per heavy atom. The third-order valence-electron chi connectivity index (χ3n) is 3.24. The van der Waals surface area contributed by atoms with Crippen LogP contribution in [0.1, 0.15) is 34.1 Å². The van der Waals surface area contributed by atoms with Crippen molar-refractivity contribution < 1.29 is 0 Å². The van der Waals surface area contributed by atoms with Crippen molar-refractivity contribution >= 4 is 0 Å². The summed E-state index contributed by atoms with van der Waals surface area (Å²) in [4.78, 5) is 5.06. The van der Waals surface area contributed by atoms with Crippen LogP contribution in [0.2, 0.25) is 0 Å². The molecule has 16 heavy (non-hydrogen) atoms. The second kappa shape index (κ2) is 5.99. The minimum absolute atomic E-state index is 0.242. The van der Waals surface area contributed by atoms with Crippen molar-refractivity contribution in [1.29, 1.82) is 0 Å². The summed E-state index contributed by atoms with van der Waals surface area (Å²) in [7, 11) is 2.23. The average molecular weight is 227 g/mol. The lowest BCUT2D eigenvalue weighted by atomic mass is 10.1. The van der Waals surface area contributed by atoms with Crippen LogP contribution in [0.25, 0.3) is 0 Å². The van der Waals surface area contributed by atoms with Gasteiger partial charge in [0.25, 0.3) is 0 Å². The first-order chi connectivity index (χ1) is 7.38. The van der Waals surface area contributed by atoms with Crippen molar-refractivity contribution in [2.75, 3.05) is 39.8 Å². The van der Waals surface area contributed by atoms with Crippen LogP contribution in [0.4, 0.5) is 0 Å². The Bertz CT molecular complexity index is 198. The highest BCUT2D eigenvalue weighted by atomic mass is 15.2. The Hall–Kier alpha value is -0.120. The Morgan fingerprint density at radius 1 is 1.25 bits per heavy atom. The summed E-state index contributed by atoms with van der Waals surface area (Å²) in [6.07, 6.45) is 1.30. The quantitative estimate of drug-likeness (QED) is 0.786. The van der Waals surface area contributed by atoms with Gasteiger partial charge in [-0.2, -0.15) is 0 Å². The molecule has 0 aliphatic carbocycles. The van der Waals surface area contributed by atoms with Gasteiger partial charge < -0.3 is 10.2 Å². The van der Waals surface area contributed by atoms with Gasteiger partial charge in [0, 0.05) is 31.2 Å². The maximum Gasteiger partial charge on any atom is 0.0195 e. The molecule has 0 saturated carbocycles. The molecule has 1 N–H and O–H groups in total. The monoisotopic (exact) mass is 227 g/mol. The molecule has 1 atom stereocenters. The van der Waals surface area contributed by atoms with E-state index in [1.165, 1.54) is 32.6 Å². The molecule has 1 aliphatic rings. The Balaban J connectivity index is 2.30. The van der Waals surface area contributed by atoms with E-state index in [1.807, 2.05) is 0 Å². The van der Waals surface area contributed by atoms with Gasteiger partial charge in [-0.25, -0.2) is 0 Å². The molecule has 0 aromatic rings. The Kier molecular flexibility index (Phi) is 5.22. The van der Waals surface area contributed by atoms with Crippen LogP contribution in [0, 0.1) is 0 Å². The van der Waals surface area contributed by atoms with Crippen LogP contribution in [-0.2, 0) is 0 Å². The number of hydrogen-bond acceptors (Lipinski definition) is 3. The van der Waals surface area contributed by atoms with Gasteiger partial charge in [-0.05, 0) is 54.3 Å². The molecular weight excluding hydrogens is 198 g/mol. The molecule has 3 heteroatoms. The summed E-state index contributed by atoms with van der Waals surface area (Å²) >= 11 is 0. The van der Waals surface area contributed by atoms with Gasteiger partial charge in [0.05, 0.1) is 0 Å². The van der Waals surface area contributed by atoms with E-state index in [1.54, 1.807) is 0 Å².